The number of hydrogen-bond donors (Lipinski definition) is 1. The maximum atomic E-state index is 12.7. The van der Waals surface area contributed by atoms with Gasteiger partial charge in [0.2, 0.25) is 0 Å². The first kappa shape index (κ1) is 14.5. The summed E-state index contributed by atoms with van der Waals surface area (Å²) < 4.78 is 28.0. The molecule has 0 spiro atoms. The van der Waals surface area contributed by atoms with E-state index >= 15 is 0 Å². The lowest BCUT2D eigenvalue weighted by molar-refractivity contribution is 0.602. The molecule has 0 saturated carbocycles. The zero-order chi connectivity index (χ0) is 15.7. The van der Waals surface area contributed by atoms with Gasteiger partial charge in [0, 0.05) is 28.9 Å². The average Bonchev–Trinajstić information content (AvgIpc) is 2.50. The highest BCUT2D eigenvalue weighted by molar-refractivity contribution is 7.93. The Morgan fingerprint density at radius 1 is 1.00 bits per heavy atom. The smallest absolute Gasteiger partial charge is 0.262 e. The highest BCUT2D eigenvalue weighted by Gasteiger charge is 2.17. The summed E-state index contributed by atoms with van der Waals surface area (Å²) in [6, 6.07) is 12.4. The van der Waals surface area contributed by atoms with E-state index in [9.17, 15) is 8.42 Å². The van der Waals surface area contributed by atoms with Gasteiger partial charge in [0.05, 0.1) is 4.90 Å². The minimum atomic E-state index is -3.65. The minimum Gasteiger partial charge on any atom is -0.280 e. The molecule has 3 rings (SSSR count). The van der Waals surface area contributed by atoms with Crippen LogP contribution < -0.4 is 4.72 Å². The van der Waals surface area contributed by atoms with Crippen molar-refractivity contribution in [3.8, 4) is 0 Å². The van der Waals surface area contributed by atoms with E-state index in [0.29, 0.717) is 11.1 Å². The number of anilines is 1. The molecule has 0 aliphatic rings. The molecule has 1 N–H and O–H groups in total. The van der Waals surface area contributed by atoms with Crippen LogP contribution >= 0.6 is 0 Å². The van der Waals surface area contributed by atoms with Gasteiger partial charge in [-0.15, -0.1) is 0 Å². The van der Waals surface area contributed by atoms with Crippen LogP contribution in [0.4, 0.5) is 5.69 Å². The van der Waals surface area contributed by atoms with E-state index in [1.165, 1.54) is 0 Å². The Morgan fingerprint density at radius 2 is 1.82 bits per heavy atom. The van der Waals surface area contributed by atoms with Crippen LogP contribution in [0.1, 0.15) is 11.1 Å². The van der Waals surface area contributed by atoms with Gasteiger partial charge >= 0.3 is 0 Å². The molecule has 1 aromatic heterocycles. The van der Waals surface area contributed by atoms with Crippen LogP contribution in [-0.2, 0) is 10.0 Å². The normalized spacial score (nSPS) is 11.5. The molecule has 0 amide bonds. The fraction of sp³-hybridized carbons (Fsp3) is 0.118. The summed E-state index contributed by atoms with van der Waals surface area (Å²) in [4.78, 5) is 4.28. The molecule has 112 valence electrons. The summed E-state index contributed by atoms with van der Waals surface area (Å²) in [6.07, 6.45) is 3.25. The van der Waals surface area contributed by atoms with Crippen molar-refractivity contribution in [3.63, 3.8) is 0 Å². The van der Waals surface area contributed by atoms with E-state index in [2.05, 4.69) is 9.71 Å². The lowest BCUT2D eigenvalue weighted by Gasteiger charge is -2.11. The summed E-state index contributed by atoms with van der Waals surface area (Å²) >= 11 is 0. The predicted octanol–water partition coefficient (Wildman–Crippen LogP) is 3.65. The first-order valence-electron chi connectivity index (χ1n) is 6.90. The van der Waals surface area contributed by atoms with Crippen LogP contribution in [0.5, 0.6) is 0 Å². The lowest BCUT2D eigenvalue weighted by atomic mass is 10.1. The second-order valence-electron chi connectivity index (χ2n) is 5.26. The second-order valence-corrected chi connectivity index (χ2v) is 6.91. The first-order valence-corrected chi connectivity index (χ1v) is 8.38. The number of fused-ring (bicyclic) bond motifs is 1. The largest absolute Gasteiger partial charge is 0.280 e. The Balaban J connectivity index is 2.07. The summed E-state index contributed by atoms with van der Waals surface area (Å²) in [5, 5.41) is 1.46. The number of rotatable bonds is 3. The number of nitrogens with one attached hydrogen (secondary N) is 1. The van der Waals surface area contributed by atoms with Gasteiger partial charge in [-0.2, -0.15) is 0 Å². The van der Waals surface area contributed by atoms with Crippen molar-refractivity contribution in [2.45, 2.75) is 18.7 Å². The Labute approximate surface area is 129 Å². The topological polar surface area (TPSA) is 59.1 Å². The average molecular weight is 312 g/mol. The van der Waals surface area contributed by atoms with Crippen LogP contribution in [-0.4, -0.2) is 13.4 Å². The zero-order valence-electron chi connectivity index (χ0n) is 12.4. The standard InChI is InChI=1S/C17H16N2O2S/c1-12-6-7-15(10-13(12)2)19-22(20,21)17-5-3-4-14-11-18-9-8-16(14)17/h3-11,19H,1-2H3. The van der Waals surface area contributed by atoms with E-state index in [1.54, 1.807) is 36.7 Å². The molecular weight excluding hydrogens is 296 g/mol. The maximum Gasteiger partial charge on any atom is 0.262 e. The van der Waals surface area contributed by atoms with Gasteiger partial charge in [-0.1, -0.05) is 18.2 Å². The molecule has 0 saturated heterocycles. The molecule has 2 aromatic carbocycles. The van der Waals surface area contributed by atoms with Crippen molar-refractivity contribution in [3.05, 3.63) is 66.0 Å². The molecule has 0 aliphatic heterocycles. The fourth-order valence-electron chi connectivity index (χ4n) is 2.34. The Hall–Kier alpha value is -2.40. The van der Waals surface area contributed by atoms with Gasteiger partial charge in [0.1, 0.15) is 0 Å². The highest BCUT2D eigenvalue weighted by atomic mass is 32.2. The van der Waals surface area contributed by atoms with E-state index in [-0.39, 0.29) is 4.90 Å². The van der Waals surface area contributed by atoms with E-state index in [0.717, 1.165) is 16.5 Å². The van der Waals surface area contributed by atoms with Crippen molar-refractivity contribution < 1.29 is 8.42 Å². The van der Waals surface area contributed by atoms with E-state index in [1.807, 2.05) is 32.0 Å². The van der Waals surface area contributed by atoms with Crippen LogP contribution in [0, 0.1) is 13.8 Å². The third-order valence-corrected chi connectivity index (χ3v) is 5.13. The highest BCUT2D eigenvalue weighted by Crippen LogP contribution is 2.25. The lowest BCUT2D eigenvalue weighted by Crippen LogP contribution is -2.13. The van der Waals surface area contributed by atoms with Crippen LogP contribution in [0.3, 0.4) is 0 Å². The van der Waals surface area contributed by atoms with Gasteiger partial charge < -0.3 is 0 Å². The summed E-state index contributed by atoms with van der Waals surface area (Å²) in [5.74, 6) is 0. The molecule has 3 aromatic rings. The number of aryl methyl sites for hydroxylation is 2. The van der Waals surface area contributed by atoms with Gasteiger partial charge in [-0.05, 0) is 49.2 Å². The van der Waals surface area contributed by atoms with Crippen LogP contribution in [0.25, 0.3) is 10.8 Å². The van der Waals surface area contributed by atoms with E-state index in [4.69, 9.17) is 0 Å². The fourth-order valence-corrected chi connectivity index (χ4v) is 3.62. The quantitative estimate of drug-likeness (QED) is 0.803. The number of sulfonamides is 1. The molecule has 0 unspecified atom stereocenters. The SMILES string of the molecule is Cc1ccc(NS(=O)(=O)c2cccc3cnccc23)cc1C. The van der Waals surface area contributed by atoms with Crippen LogP contribution in [0.2, 0.25) is 0 Å². The predicted molar refractivity (Wildman–Crippen MR) is 88.5 cm³/mol. The minimum absolute atomic E-state index is 0.255. The number of aromatic nitrogens is 1. The molecule has 22 heavy (non-hydrogen) atoms. The van der Waals surface area contributed by atoms with Gasteiger partial charge in [-0.3, -0.25) is 9.71 Å². The van der Waals surface area contributed by atoms with Gasteiger partial charge in [-0.25, -0.2) is 8.42 Å². The Bertz CT molecular complexity index is 945. The monoisotopic (exact) mass is 312 g/mol. The van der Waals surface area contributed by atoms with E-state index < -0.39 is 10.0 Å². The third-order valence-electron chi connectivity index (χ3n) is 3.69. The number of hydrogen-bond acceptors (Lipinski definition) is 3. The molecule has 4 nitrogen and oxygen atoms in total. The van der Waals surface area contributed by atoms with Gasteiger partial charge in [0.25, 0.3) is 10.0 Å². The molecule has 1 heterocycles. The van der Waals surface area contributed by atoms with Crippen molar-refractivity contribution >= 4 is 26.5 Å². The van der Waals surface area contributed by atoms with Crippen LogP contribution in [0.15, 0.2) is 59.8 Å². The third kappa shape index (κ3) is 2.67. The molecule has 0 aliphatic carbocycles. The Morgan fingerprint density at radius 3 is 2.59 bits per heavy atom. The van der Waals surface area contributed by atoms with Crippen molar-refractivity contribution in [2.24, 2.45) is 0 Å². The number of pyridine rings is 1. The number of benzene rings is 2. The molecule has 0 bridgehead atoms. The molecule has 0 radical (unpaired) electrons. The van der Waals surface area contributed by atoms with Gasteiger partial charge in [0.15, 0.2) is 0 Å². The molecular formula is C17H16N2O2S. The molecule has 5 heteroatoms. The Kier molecular flexibility index (Phi) is 3.58. The second kappa shape index (κ2) is 5.42. The van der Waals surface area contributed by atoms with Crippen molar-refractivity contribution in [2.75, 3.05) is 4.72 Å². The summed E-state index contributed by atoms with van der Waals surface area (Å²) in [6.45, 7) is 3.95. The maximum absolute atomic E-state index is 12.7. The molecule has 0 atom stereocenters. The number of nitrogens with zero attached hydrogens (tertiary/aromatic N) is 1. The summed E-state index contributed by atoms with van der Waals surface area (Å²) in [7, 11) is -3.65. The zero-order valence-corrected chi connectivity index (χ0v) is 13.2. The molecule has 0 fully saturated rings. The van der Waals surface area contributed by atoms with Crippen molar-refractivity contribution in [1.29, 1.82) is 0 Å². The first-order chi connectivity index (χ1) is 10.5. The van der Waals surface area contributed by atoms with Crippen molar-refractivity contribution in [1.82, 2.24) is 4.98 Å². The summed E-state index contributed by atoms with van der Waals surface area (Å²) in [5.41, 5.74) is 2.73.